The molecule has 16 heavy (non-hydrogen) atoms. The van der Waals surface area contributed by atoms with Crippen LogP contribution < -0.4 is 0 Å². The van der Waals surface area contributed by atoms with E-state index in [9.17, 15) is 4.79 Å². The molecule has 1 aromatic heterocycles. The van der Waals surface area contributed by atoms with Crippen molar-refractivity contribution in [3.63, 3.8) is 0 Å². The van der Waals surface area contributed by atoms with Gasteiger partial charge in [0.05, 0.1) is 5.02 Å². The summed E-state index contributed by atoms with van der Waals surface area (Å²) >= 11 is 6.14. The van der Waals surface area contributed by atoms with Crippen LogP contribution in [0.25, 0.3) is 10.9 Å². The molecule has 0 spiro atoms. The number of aromatic amines is 1. The Labute approximate surface area is 98.6 Å². The van der Waals surface area contributed by atoms with Gasteiger partial charge in [-0.1, -0.05) is 24.6 Å². The molecule has 82 valence electrons. The second kappa shape index (κ2) is 3.36. The minimum atomic E-state index is 0.204. The highest BCUT2D eigenvalue weighted by Crippen LogP contribution is 2.42. The summed E-state index contributed by atoms with van der Waals surface area (Å²) < 4.78 is 0. The van der Waals surface area contributed by atoms with E-state index >= 15 is 0 Å². The van der Waals surface area contributed by atoms with E-state index in [0.29, 0.717) is 10.9 Å². The predicted octanol–water partition coefficient (Wildman–Crippen LogP) is 3.66. The molecule has 0 amide bonds. The third-order valence-electron chi connectivity index (χ3n) is 3.37. The van der Waals surface area contributed by atoms with Gasteiger partial charge in [0.1, 0.15) is 0 Å². The molecule has 3 heteroatoms. The van der Waals surface area contributed by atoms with Crippen molar-refractivity contribution in [2.45, 2.75) is 13.3 Å². The maximum absolute atomic E-state index is 12.2. The Balaban J connectivity index is 2.13. The Morgan fingerprint density at radius 3 is 2.94 bits per heavy atom. The Morgan fingerprint density at radius 2 is 2.25 bits per heavy atom. The van der Waals surface area contributed by atoms with E-state index < -0.39 is 0 Å². The van der Waals surface area contributed by atoms with Gasteiger partial charge in [-0.2, -0.15) is 0 Å². The average Bonchev–Trinajstić information content (AvgIpc) is 2.83. The fourth-order valence-electron chi connectivity index (χ4n) is 2.22. The van der Waals surface area contributed by atoms with Crippen molar-refractivity contribution < 1.29 is 4.79 Å². The van der Waals surface area contributed by atoms with Gasteiger partial charge in [-0.3, -0.25) is 4.79 Å². The summed E-state index contributed by atoms with van der Waals surface area (Å²) in [6, 6.07) is 5.65. The van der Waals surface area contributed by atoms with Crippen LogP contribution in [0.5, 0.6) is 0 Å². The lowest BCUT2D eigenvalue weighted by molar-refractivity contribution is 0.0964. The number of H-pyrrole nitrogens is 1. The van der Waals surface area contributed by atoms with Gasteiger partial charge in [-0.15, -0.1) is 0 Å². The largest absolute Gasteiger partial charge is 0.360 e. The number of hydrogen-bond donors (Lipinski definition) is 1. The molecule has 2 unspecified atom stereocenters. The van der Waals surface area contributed by atoms with Crippen molar-refractivity contribution in [1.29, 1.82) is 0 Å². The molecule has 3 rings (SSSR count). The highest BCUT2D eigenvalue weighted by Gasteiger charge is 2.40. The Hall–Kier alpha value is -1.28. The summed E-state index contributed by atoms with van der Waals surface area (Å²) in [6.45, 7) is 2.11. The lowest BCUT2D eigenvalue weighted by atomic mass is 10.1. The van der Waals surface area contributed by atoms with Crippen molar-refractivity contribution >= 4 is 28.3 Å². The van der Waals surface area contributed by atoms with E-state index in [-0.39, 0.29) is 11.7 Å². The summed E-state index contributed by atoms with van der Waals surface area (Å²) in [7, 11) is 0. The van der Waals surface area contributed by atoms with Crippen molar-refractivity contribution in [3.8, 4) is 0 Å². The molecule has 0 aliphatic heterocycles. The quantitative estimate of drug-likeness (QED) is 0.789. The third kappa shape index (κ3) is 1.37. The summed E-state index contributed by atoms with van der Waals surface area (Å²) in [5.74, 6) is 0.960. The second-order valence-electron chi connectivity index (χ2n) is 4.55. The van der Waals surface area contributed by atoms with Gasteiger partial charge in [0.25, 0.3) is 0 Å². The molecule has 1 saturated carbocycles. The number of fused-ring (bicyclic) bond motifs is 1. The first-order valence-electron chi connectivity index (χ1n) is 5.48. The van der Waals surface area contributed by atoms with Crippen LogP contribution in [0.4, 0.5) is 0 Å². The highest BCUT2D eigenvalue weighted by molar-refractivity contribution is 6.37. The molecule has 1 aliphatic rings. The van der Waals surface area contributed by atoms with Gasteiger partial charge in [0, 0.05) is 28.6 Å². The molecule has 2 aromatic rings. The number of rotatable bonds is 2. The minimum Gasteiger partial charge on any atom is -0.360 e. The summed E-state index contributed by atoms with van der Waals surface area (Å²) in [6.07, 6.45) is 2.79. The molecule has 2 atom stereocenters. The van der Waals surface area contributed by atoms with Gasteiger partial charge in [-0.05, 0) is 24.5 Å². The van der Waals surface area contributed by atoms with Crippen molar-refractivity contribution in [1.82, 2.24) is 4.98 Å². The SMILES string of the molecule is CC1CC1C(=O)c1c[nH]c2cccc(Cl)c12. The molecule has 1 N–H and O–H groups in total. The molecule has 1 heterocycles. The van der Waals surface area contributed by atoms with Gasteiger partial charge in [0.15, 0.2) is 5.78 Å². The number of ketones is 1. The second-order valence-corrected chi connectivity index (χ2v) is 4.96. The first-order chi connectivity index (χ1) is 7.68. The van der Waals surface area contributed by atoms with E-state index in [2.05, 4.69) is 11.9 Å². The van der Waals surface area contributed by atoms with Crippen LogP contribution in [-0.2, 0) is 0 Å². The smallest absolute Gasteiger partial charge is 0.168 e. The number of Topliss-reactive ketones (excluding diaryl/α,β-unsaturated/α-hetero) is 1. The highest BCUT2D eigenvalue weighted by atomic mass is 35.5. The van der Waals surface area contributed by atoms with E-state index in [0.717, 1.165) is 22.9 Å². The maximum Gasteiger partial charge on any atom is 0.168 e. The lowest BCUT2D eigenvalue weighted by Gasteiger charge is -1.99. The fraction of sp³-hybridized carbons (Fsp3) is 0.308. The normalized spacial score (nSPS) is 23.6. The van der Waals surface area contributed by atoms with Gasteiger partial charge in [0.2, 0.25) is 0 Å². The van der Waals surface area contributed by atoms with Gasteiger partial charge >= 0.3 is 0 Å². The van der Waals surface area contributed by atoms with Crippen molar-refractivity contribution in [2.24, 2.45) is 11.8 Å². The number of halogens is 1. The number of benzene rings is 1. The molecule has 2 nitrogen and oxygen atoms in total. The molecule has 0 radical (unpaired) electrons. The Morgan fingerprint density at radius 1 is 1.50 bits per heavy atom. The Bertz CT molecular complexity index is 572. The van der Waals surface area contributed by atoms with Crippen LogP contribution in [0.2, 0.25) is 5.02 Å². The van der Waals surface area contributed by atoms with Crippen molar-refractivity contribution in [2.75, 3.05) is 0 Å². The van der Waals surface area contributed by atoms with E-state index in [1.54, 1.807) is 6.20 Å². The zero-order chi connectivity index (χ0) is 11.3. The van der Waals surface area contributed by atoms with Gasteiger partial charge in [-0.25, -0.2) is 0 Å². The van der Waals surface area contributed by atoms with Crippen LogP contribution in [0, 0.1) is 11.8 Å². The van der Waals surface area contributed by atoms with E-state index in [4.69, 9.17) is 11.6 Å². The van der Waals surface area contributed by atoms with Crippen LogP contribution >= 0.6 is 11.6 Å². The zero-order valence-corrected chi connectivity index (χ0v) is 9.71. The number of nitrogens with one attached hydrogen (secondary N) is 1. The van der Waals surface area contributed by atoms with Crippen LogP contribution in [0.3, 0.4) is 0 Å². The molecular formula is C13H12ClNO. The fourth-order valence-corrected chi connectivity index (χ4v) is 2.50. The minimum absolute atomic E-state index is 0.204. The summed E-state index contributed by atoms with van der Waals surface area (Å²) in [5, 5.41) is 1.52. The number of aromatic nitrogens is 1. The Kier molecular flexibility index (Phi) is 2.08. The summed E-state index contributed by atoms with van der Waals surface area (Å²) in [4.78, 5) is 15.3. The predicted molar refractivity (Wildman–Crippen MR) is 64.9 cm³/mol. The van der Waals surface area contributed by atoms with Crippen LogP contribution in [-0.4, -0.2) is 10.8 Å². The van der Waals surface area contributed by atoms with Crippen LogP contribution in [0.15, 0.2) is 24.4 Å². The van der Waals surface area contributed by atoms with Crippen molar-refractivity contribution in [3.05, 3.63) is 35.0 Å². The lowest BCUT2D eigenvalue weighted by Crippen LogP contribution is -2.01. The van der Waals surface area contributed by atoms with Crippen LogP contribution in [0.1, 0.15) is 23.7 Å². The standard InChI is InChI=1S/C13H12ClNO/c1-7-5-8(7)13(16)9-6-15-11-4-2-3-10(14)12(9)11/h2-4,6-8,15H,5H2,1H3. The van der Waals surface area contributed by atoms with E-state index in [1.165, 1.54) is 0 Å². The first kappa shape index (κ1) is 9.91. The molecule has 1 fully saturated rings. The number of carbonyl (C=O) groups excluding carboxylic acids is 1. The average molecular weight is 234 g/mol. The molecule has 0 saturated heterocycles. The number of carbonyl (C=O) groups is 1. The molecular weight excluding hydrogens is 222 g/mol. The van der Waals surface area contributed by atoms with E-state index in [1.807, 2.05) is 18.2 Å². The first-order valence-corrected chi connectivity index (χ1v) is 5.86. The topological polar surface area (TPSA) is 32.9 Å². The van der Waals surface area contributed by atoms with Gasteiger partial charge < -0.3 is 4.98 Å². The third-order valence-corrected chi connectivity index (χ3v) is 3.68. The molecule has 0 bridgehead atoms. The molecule has 1 aromatic carbocycles. The zero-order valence-electron chi connectivity index (χ0n) is 8.96. The molecule has 1 aliphatic carbocycles. The number of hydrogen-bond acceptors (Lipinski definition) is 1. The monoisotopic (exact) mass is 233 g/mol. The maximum atomic E-state index is 12.2. The summed E-state index contributed by atoms with van der Waals surface area (Å²) in [5.41, 5.74) is 1.68.